The SMILES string of the molecule is CCC(C(C(=O)O)C(=O)O)(P(=O)(O)O)P(=O)(O)O. The number of carboxylic acids is 2. The highest BCUT2D eigenvalue weighted by Gasteiger charge is 2.68. The summed E-state index contributed by atoms with van der Waals surface area (Å²) in [7, 11) is -11.4. The molecule has 0 heterocycles. The zero-order valence-electron chi connectivity index (χ0n) is 9.00. The lowest BCUT2D eigenvalue weighted by Crippen LogP contribution is -2.46. The van der Waals surface area contributed by atoms with Crippen LogP contribution in [0.2, 0.25) is 0 Å². The third kappa shape index (κ3) is 2.64. The smallest absolute Gasteiger partial charge is 0.345 e. The Morgan fingerprint density at radius 3 is 1.33 bits per heavy atom. The van der Waals surface area contributed by atoms with Crippen molar-refractivity contribution in [2.75, 3.05) is 0 Å². The highest BCUT2D eigenvalue weighted by atomic mass is 31.2. The molecule has 0 aromatic rings. The van der Waals surface area contributed by atoms with E-state index in [0.717, 1.165) is 6.92 Å². The number of hydrogen-bond acceptors (Lipinski definition) is 4. The third-order valence-corrected chi connectivity index (χ3v) is 7.22. The summed E-state index contributed by atoms with van der Waals surface area (Å²) in [5.41, 5.74) is 0. The van der Waals surface area contributed by atoms with Gasteiger partial charge in [0.15, 0.2) is 10.8 Å². The van der Waals surface area contributed by atoms with Crippen LogP contribution in [0, 0.1) is 5.92 Å². The van der Waals surface area contributed by atoms with Crippen LogP contribution in [-0.4, -0.2) is 46.6 Å². The quantitative estimate of drug-likeness (QED) is 0.268. The van der Waals surface area contributed by atoms with Gasteiger partial charge in [-0.05, 0) is 6.42 Å². The fourth-order valence-electron chi connectivity index (χ4n) is 1.62. The molecule has 0 rings (SSSR count). The summed E-state index contributed by atoms with van der Waals surface area (Å²) in [4.78, 5) is 54.2. The third-order valence-electron chi connectivity index (χ3n) is 2.49. The molecular weight excluding hydrogens is 294 g/mol. The van der Waals surface area contributed by atoms with Crippen molar-refractivity contribution < 1.29 is 48.5 Å². The fourth-order valence-corrected chi connectivity index (χ4v) is 4.92. The van der Waals surface area contributed by atoms with E-state index in [-0.39, 0.29) is 0 Å². The van der Waals surface area contributed by atoms with Crippen LogP contribution < -0.4 is 0 Å². The van der Waals surface area contributed by atoms with Gasteiger partial charge in [0.2, 0.25) is 0 Å². The van der Waals surface area contributed by atoms with Gasteiger partial charge >= 0.3 is 27.1 Å². The Morgan fingerprint density at radius 1 is 1.00 bits per heavy atom. The number of hydrogen-bond donors (Lipinski definition) is 6. The van der Waals surface area contributed by atoms with Gasteiger partial charge < -0.3 is 29.8 Å². The first-order valence-electron chi connectivity index (χ1n) is 4.39. The summed E-state index contributed by atoms with van der Waals surface area (Å²) in [5, 5.41) is 17.3. The van der Waals surface area contributed by atoms with E-state index in [1.54, 1.807) is 0 Å². The van der Waals surface area contributed by atoms with Crippen molar-refractivity contribution in [3.05, 3.63) is 0 Å². The molecule has 0 spiro atoms. The van der Waals surface area contributed by atoms with Gasteiger partial charge in [0.05, 0.1) is 0 Å². The molecule has 0 radical (unpaired) electrons. The molecule has 6 N–H and O–H groups in total. The van der Waals surface area contributed by atoms with Gasteiger partial charge in [0.25, 0.3) is 0 Å². The van der Waals surface area contributed by atoms with Gasteiger partial charge in [0, 0.05) is 0 Å². The molecule has 0 aliphatic rings. The summed E-state index contributed by atoms with van der Waals surface area (Å²) in [5.74, 6) is -7.41. The largest absolute Gasteiger partial charge is 0.481 e. The minimum absolute atomic E-state index is 0.886. The molecule has 12 heteroatoms. The molecule has 0 bridgehead atoms. The normalized spacial score (nSPS) is 13.7. The Bertz CT molecular complexity index is 407. The molecule has 0 saturated heterocycles. The lowest BCUT2D eigenvalue weighted by atomic mass is 10.0. The van der Waals surface area contributed by atoms with Gasteiger partial charge in [-0.15, -0.1) is 0 Å². The molecule has 106 valence electrons. The second kappa shape index (κ2) is 5.08. The van der Waals surface area contributed by atoms with E-state index in [2.05, 4.69) is 0 Å². The van der Waals surface area contributed by atoms with Gasteiger partial charge in [-0.1, -0.05) is 6.92 Å². The van der Waals surface area contributed by atoms with Crippen LogP contribution in [0.1, 0.15) is 13.3 Å². The maximum Gasteiger partial charge on any atom is 0.345 e. The number of carboxylic acid groups (broad SMARTS) is 2. The van der Waals surface area contributed by atoms with Crippen molar-refractivity contribution in [2.45, 2.75) is 18.2 Å². The molecule has 0 fully saturated rings. The molecule has 0 aliphatic heterocycles. The van der Waals surface area contributed by atoms with Crippen LogP contribution in [0.4, 0.5) is 0 Å². The van der Waals surface area contributed by atoms with Crippen molar-refractivity contribution in [3.63, 3.8) is 0 Å². The first-order chi connectivity index (χ1) is 7.83. The molecule has 0 amide bonds. The monoisotopic (exact) mass is 306 g/mol. The average molecular weight is 306 g/mol. The lowest BCUT2D eigenvalue weighted by molar-refractivity contribution is -0.155. The van der Waals surface area contributed by atoms with Crippen LogP contribution in [0.3, 0.4) is 0 Å². The van der Waals surface area contributed by atoms with Crippen LogP contribution in [0.5, 0.6) is 0 Å². The van der Waals surface area contributed by atoms with Crippen molar-refractivity contribution in [3.8, 4) is 0 Å². The van der Waals surface area contributed by atoms with Crippen LogP contribution in [0.25, 0.3) is 0 Å². The van der Waals surface area contributed by atoms with E-state index < -0.39 is 44.4 Å². The molecule has 0 atom stereocenters. The number of rotatable bonds is 6. The van der Waals surface area contributed by atoms with Gasteiger partial charge in [-0.3, -0.25) is 18.7 Å². The van der Waals surface area contributed by atoms with Crippen molar-refractivity contribution in [1.82, 2.24) is 0 Å². The van der Waals surface area contributed by atoms with Crippen molar-refractivity contribution in [2.24, 2.45) is 5.92 Å². The standard InChI is InChI=1S/C6H12O10P2/c1-2-6(17(11,12)13,18(14,15)16)3(4(7)8)5(9)10/h3H,2H2,1H3,(H,7,8)(H,9,10)(H2,11,12,13)(H2,14,15,16). The Kier molecular flexibility index (Phi) is 4.87. The van der Waals surface area contributed by atoms with Crippen LogP contribution in [-0.2, 0) is 18.7 Å². The van der Waals surface area contributed by atoms with Gasteiger partial charge in [-0.2, -0.15) is 0 Å². The molecule has 0 saturated carbocycles. The topological polar surface area (TPSA) is 190 Å². The van der Waals surface area contributed by atoms with E-state index in [1.165, 1.54) is 0 Å². The Morgan fingerprint density at radius 2 is 1.28 bits per heavy atom. The zero-order chi connectivity index (χ0) is 14.9. The van der Waals surface area contributed by atoms with E-state index >= 15 is 0 Å². The average Bonchev–Trinajstić information content (AvgIpc) is 2.07. The van der Waals surface area contributed by atoms with Crippen molar-refractivity contribution in [1.29, 1.82) is 0 Å². The molecule has 0 aromatic heterocycles. The number of carbonyl (C=O) groups is 2. The minimum Gasteiger partial charge on any atom is -0.481 e. The molecule has 0 aliphatic carbocycles. The van der Waals surface area contributed by atoms with E-state index in [1.807, 2.05) is 0 Å². The summed E-state index contributed by atoms with van der Waals surface area (Å²) in [6.45, 7) is 0.886. The highest BCUT2D eigenvalue weighted by Crippen LogP contribution is 2.73. The minimum atomic E-state index is -5.72. The summed E-state index contributed by atoms with van der Waals surface area (Å²) in [6.07, 6.45) is -1.02. The van der Waals surface area contributed by atoms with E-state index in [4.69, 9.17) is 29.8 Å². The van der Waals surface area contributed by atoms with Crippen LogP contribution >= 0.6 is 15.2 Å². The Hall–Kier alpha value is -0.760. The second-order valence-corrected chi connectivity index (χ2v) is 7.55. The summed E-state index contributed by atoms with van der Waals surface area (Å²) in [6, 6.07) is 0. The van der Waals surface area contributed by atoms with Gasteiger partial charge in [0.1, 0.15) is 0 Å². The Labute approximate surface area is 101 Å². The Balaban J connectivity index is 6.40. The second-order valence-electron chi connectivity index (χ2n) is 3.43. The van der Waals surface area contributed by atoms with Gasteiger partial charge in [-0.25, -0.2) is 0 Å². The molecule has 10 nitrogen and oxygen atoms in total. The summed E-state index contributed by atoms with van der Waals surface area (Å²) < 4.78 is 22.5. The molecule has 0 aromatic carbocycles. The number of aliphatic carboxylic acids is 2. The predicted octanol–water partition coefficient (Wildman–Crippen LogP) is -0.767. The molecule has 18 heavy (non-hydrogen) atoms. The molecular formula is C6H12O10P2. The highest BCUT2D eigenvalue weighted by molar-refractivity contribution is 7.72. The maximum atomic E-state index is 11.3. The van der Waals surface area contributed by atoms with Crippen LogP contribution in [0.15, 0.2) is 0 Å². The van der Waals surface area contributed by atoms with E-state index in [9.17, 15) is 18.7 Å². The van der Waals surface area contributed by atoms with E-state index in [0.29, 0.717) is 0 Å². The molecule has 0 unspecified atom stereocenters. The maximum absolute atomic E-state index is 11.3. The summed E-state index contributed by atoms with van der Waals surface area (Å²) >= 11 is 0. The first-order valence-corrected chi connectivity index (χ1v) is 7.62. The van der Waals surface area contributed by atoms with Crippen molar-refractivity contribution >= 4 is 27.1 Å². The first kappa shape index (κ1) is 17.2. The zero-order valence-corrected chi connectivity index (χ0v) is 10.8. The fraction of sp³-hybridized carbons (Fsp3) is 0.667. The predicted molar refractivity (Wildman–Crippen MR) is 55.9 cm³/mol. The lowest BCUT2D eigenvalue weighted by Gasteiger charge is -2.35.